The van der Waals surface area contributed by atoms with E-state index in [0.29, 0.717) is 23.0 Å². The van der Waals surface area contributed by atoms with Gasteiger partial charge in [-0.2, -0.15) is 29.5 Å². The van der Waals surface area contributed by atoms with E-state index in [2.05, 4.69) is 25.1 Å². The summed E-state index contributed by atoms with van der Waals surface area (Å²) in [4.78, 5) is 22.2. The van der Waals surface area contributed by atoms with Crippen LogP contribution in [0.25, 0.3) is 11.9 Å². The highest BCUT2D eigenvalue weighted by Gasteiger charge is 2.13. The van der Waals surface area contributed by atoms with Crippen molar-refractivity contribution in [1.29, 1.82) is 0 Å². The maximum atomic E-state index is 11.7. The van der Waals surface area contributed by atoms with E-state index in [0.717, 1.165) is 0 Å². The molecule has 0 saturated heterocycles. The summed E-state index contributed by atoms with van der Waals surface area (Å²) in [6.07, 6.45) is 0. The van der Waals surface area contributed by atoms with E-state index in [1.807, 2.05) is 0 Å². The first-order chi connectivity index (χ1) is 9.94. The van der Waals surface area contributed by atoms with Gasteiger partial charge in [-0.05, 0) is 13.8 Å². The maximum absolute atomic E-state index is 11.7. The second-order valence-electron chi connectivity index (χ2n) is 4.52. The lowest BCUT2D eigenvalue weighted by Gasteiger charge is -2.05. The molecule has 5 N–H and O–H groups in total. The fraction of sp³-hybridized carbons (Fsp3) is 0.182. The smallest absolute Gasteiger partial charge is 0.351 e. The zero-order chi connectivity index (χ0) is 15.1. The van der Waals surface area contributed by atoms with Gasteiger partial charge in [0.2, 0.25) is 5.95 Å². The molecule has 3 aromatic rings. The summed E-state index contributed by atoms with van der Waals surface area (Å²) in [7, 11) is 0. The molecule has 0 fully saturated rings. The summed E-state index contributed by atoms with van der Waals surface area (Å²) in [5, 5.41) is 8.29. The second kappa shape index (κ2) is 4.44. The number of H-pyrrole nitrogens is 1. The van der Waals surface area contributed by atoms with Crippen LogP contribution in [0.3, 0.4) is 0 Å². The highest BCUT2D eigenvalue weighted by atomic mass is 16.1. The van der Waals surface area contributed by atoms with E-state index < -0.39 is 5.69 Å². The molecule has 0 aromatic carbocycles. The van der Waals surface area contributed by atoms with Crippen LogP contribution in [-0.4, -0.2) is 34.5 Å². The summed E-state index contributed by atoms with van der Waals surface area (Å²) in [6.45, 7) is 3.55. The highest BCUT2D eigenvalue weighted by molar-refractivity contribution is 5.39. The van der Waals surface area contributed by atoms with Crippen LogP contribution in [0, 0.1) is 13.8 Å². The number of rotatable bonds is 2. The van der Waals surface area contributed by atoms with Crippen molar-refractivity contribution in [3.63, 3.8) is 0 Å². The molecule has 3 rings (SSSR count). The van der Waals surface area contributed by atoms with Gasteiger partial charge in [0.1, 0.15) is 11.6 Å². The Labute approximate surface area is 118 Å². The predicted molar refractivity (Wildman–Crippen MR) is 75.2 cm³/mol. The molecular formula is C11H13N9O. The third-order valence-electron chi connectivity index (χ3n) is 2.73. The number of hydrogen-bond acceptors (Lipinski definition) is 7. The lowest BCUT2D eigenvalue weighted by molar-refractivity contribution is 0.732. The lowest BCUT2D eigenvalue weighted by atomic mass is 10.5. The Bertz CT molecular complexity index is 805. The molecule has 0 aliphatic heterocycles. The molecular weight excluding hydrogens is 274 g/mol. The molecule has 0 aliphatic rings. The molecule has 0 aliphatic carbocycles. The first-order valence-electron chi connectivity index (χ1n) is 6.07. The minimum atomic E-state index is -0.602. The van der Waals surface area contributed by atoms with Crippen LogP contribution in [0.1, 0.15) is 11.4 Å². The first-order valence-corrected chi connectivity index (χ1v) is 6.07. The summed E-state index contributed by atoms with van der Waals surface area (Å²) < 4.78 is 2.59. The summed E-state index contributed by atoms with van der Waals surface area (Å²) in [6, 6.07) is 3.31. The molecule has 10 heteroatoms. The average Bonchev–Trinajstić information content (AvgIpc) is 2.90. The monoisotopic (exact) mass is 287 g/mol. The number of aryl methyl sites for hydroxylation is 2. The summed E-state index contributed by atoms with van der Waals surface area (Å²) in [5.41, 5.74) is 12.4. The Morgan fingerprint density at radius 3 is 2.10 bits per heavy atom. The largest absolute Gasteiger partial charge is 0.383 e. The van der Waals surface area contributed by atoms with Crippen LogP contribution in [0.2, 0.25) is 0 Å². The summed E-state index contributed by atoms with van der Waals surface area (Å²) in [5.74, 6) is 0.862. The number of nitrogen functional groups attached to an aromatic ring is 2. The van der Waals surface area contributed by atoms with Crippen molar-refractivity contribution in [3.05, 3.63) is 34.0 Å². The maximum Gasteiger partial charge on any atom is 0.351 e. The van der Waals surface area contributed by atoms with Crippen molar-refractivity contribution >= 4 is 11.6 Å². The topological polar surface area (TPSA) is 146 Å². The van der Waals surface area contributed by atoms with Crippen LogP contribution >= 0.6 is 0 Å². The summed E-state index contributed by atoms with van der Waals surface area (Å²) >= 11 is 0. The molecule has 3 heterocycles. The number of anilines is 2. The molecule has 108 valence electrons. The second-order valence-corrected chi connectivity index (χ2v) is 4.52. The molecule has 0 spiro atoms. The molecule has 0 radical (unpaired) electrons. The zero-order valence-electron chi connectivity index (χ0n) is 11.4. The van der Waals surface area contributed by atoms with Crippen molar-refractivity contribution in [2.75, 3.05) is 11.5 Å². The highest BCUT2D eigenvalue weighted by Crippen LogP contribution is 2.12. The minimum Gasteiger partial charge on any atom is -0.383 e. The molecule has 0 amide bonds. The third-order valence-corrected chi connectivity index (χ3v) is 2.73. The van der Waals surface area contributed by atoms with Gasteiger partial charge in [-0.1, -0.05) is 0 Å². The molecule has 0 unspecified atom stereocenters. The number of aromatic amines is 1. The Kier molecular flexibility index (Phi) is 2.71. The van der Waals surface area contributed by atoms with Crippen molar-refractivity contribution in [3.8, 4) is 11.9 Å². The normalized spacial score (nSPS) is 11.0. The minimum absolute atomic E-state index is 0.0481. The van der Waals surface area contributed by atoms with Crippen molar-refractivity contribution in [2.45, 2.75) is 13.8 Å². The van der Waals surface area contributed by atoms with Crippen LogP contribution in [0.4, 0.5) is 11.6 Å². The van der Waals surface area contributed by atoms with Gasteiger partial charge in [0.15, 0.2) is 0 Å². The number of nitrogens with two attached hydrogens (primary N) is 2. The van der Waals surface area contributed by atoms with E-state index >= 15 is 0 Å². The van der Waals surface area contributed by atoms with E-state index in [9.17, 15) is 4.79 Å². The van der Waals surface area contributed by atoms with E-state index in [-0.39, 0.29) is 11.9 Å². The Morgan fingerprint density at radius 1 is 1.00 bits per heavy atom. The van der Waals surface area contributed by atoms with Crippen LogP contribution in [-0.2, 0) is 0 Å². The Balaban J connectivity index is 2.19. The van der Waals surface area contributed by atoms with Gasteiger partial charge in [0, 0.05) is 12.1 Å². The number of aromatic nitrogens is 7. The van der Waals surface area contributed by atoms with Gasteiger partial charge < -0.3 is 11.5 Å². The fourth-order valence-corrected chi connectivity index (χ4v) is 1.93. The fourth-order valence-electron chi connectivity index (χ4n) is 1.93. The zero-order valence-corrected chi connectivity index (χ0v) is 11.4. The Morgan fingerprint density at radius 2 is 1.57 bits per heavy atom. The van der Waals surface area contributed by atoms with Gasteiger partial charge in [0.05, 0.1) is 11.4 Å². The van der Waals surface area contributed by atoms with E-state index in [1.165, 1.54) is 9.36 Å². The molecule has 3 aromatic heterocycles. The van der Waals surface area contributed by atoms with Crippen molar-refractivity contribution < 1.29 is 0 Å². The van der Waals surface area contributed by atoms with Gasteiger partial charge in [-0.15, -0.1) is 0 Å². The quantitative estimate of drug-likeness (QED) is 0.565. The Hall–Kier alpha value is -3.17. The first kappa shape index (κ1) is 12.8. The van der Waals surface area contributed by atoms with Gasteiger partial charge in [0.25, 0.3) is 5.95 Å². The number of nitrogens with one attached hydrogen (secondary N) is 1. The van der Waals surface area contributed by atoms with Crippen molar-refractivity contribution in [1.82, 2.24) is 34.5 Å². The third kappa shape index (κ3) is 2.22. The van der Waals surface area contributed by atoms with Crippen molar-refractivity contribution in [2.24, 2.45) is 0 Å². The standard InChI is InChI=1S/C11H13N9O/c1-5-3-7(12)19(17-5)9-14-10(16-11(21)15-9)20-8(13)4-6(2)18-20/h3-4H,12-13H2,1-2H3,(H,14,15,16,21). The van der Waals surface area contributed by atoms with E-state index in [4.69, 9.17) is 11.5 Å². The van der Waals surface area contributed by atoms with E-state index in [1.54, 1.807) is 26.0 Å². The molecule has 10 nitrogen and oxygen atoms in total. The van der Waals surface area contributed by atoms with Crippen LogP contribution in [0.15, 0.2) is 16.9 Å². The lowest BCUT2D eigenvalue weighted by Crippen LogP contribution is -2.22. The number of nitrogens with zero attached hydrogens (tertiary/aromatic N) is 6. The number of hydrogen-bond donors (Lipinski definition) is 3. The van der Waals surface area contributed by atoms with Crippen LogP contribution in [0.5, 0.6) is 0 Å². The SMILES string of the molecule is Cc1cc(N)n(-c2nc(-n3nc(C)cc3N)[nH]c(=O)n2)n1. The predicted octanol–water partition coefficient (Wildman–Crippen LogP) is -0.682. The molecule has 21 heavy (non-hydrogen) atoms. The van der Waals surface area contributed by atoms with Crippen LogP contribution < -0.4 is 17.2 Å². The molecule has 0 bridgehead atoms. The van der Waals surface area contributed by atoms with Gasteiger partial charge >= 0.3 is 5.69 Å². The van der Waals surface area contributed by atoms with Gasteiger partial charge in [-0.25, -0.2) is 4.79 Å². The molecule has 0 saturated carbocycles. The average molecular weight is 287 g/mol. The van der Waals surface area contributed by atoms with Gasteiger partial charge in [-0.3, -0.25) is 4.98 Å². The molecule has 0 atom stereocenters.